The number of ketones is 1. The Hall–Kier alpha value is -2.09. The highest BCUT2D eigenvalue weighted by Crippen LogP contribution is 2.43. The lowest BCUT2D eigenvalue weighted by atomic mass is 9.97. The fourth-order valence-electron chi connectivity index (χ4n) is 2.72. The minimum Gasteiger partial charge on any atom is -0.496 e. The van der Waals surface area contributed by atoms with Crippen molar-refractivity contribution in [3.05, 3.63) is 52.6 Å². The van der Waals surface area contributed by atoms with Crippen LogP contribution >= 0.6 is 0 Å². The van der Waals surface area contributed by atoms with E-state index in [-0.39, 0.29) is 5.78 Å². The summed E-state index contributed by atoms with van der Waals surface area (Å²) >= 11 is 0. The Kier molecular flexibility index (Phi) is 2.27. The Labute approximate surface area is 106 Å². The van der Waals surface area contributed by atoms with Crippen LogP contribution in [0.5, 0.6) is 5.75 Å². The fraction of sp³-hybridized carbons (Fsp3) is 0.188. The van der Waals surface area contributed by atoms with Crippen molar-refractivity contribution in [3.63, 3.8) is 0 Å². The molecular weight excluding hydrogens is 224 g/mol. The van der Waals surface area contributed by atoms with Gasteiger partial charge in [-0.15, -0.1) is 0 Å². The number of methoxy groups -OCH3 is 1. The second-order valence-electron chi connectivity index (χ2n) is 4.66. The largest absolute Gasteiger partial charge is 0.496 e. The molecule has 0 aliphatic heterocycles. The third-order valence-corrected chi connectivity index (χ3v) is 3.59. The van der Waals surface area contributed by atoms with Crippen LogP contribution in [0.2, 0.25) is 0 Å². The zero-order valence-electron chi connectivity index (χ0n) is 10.7. The van der Waals surface area contributed by atoms with Gasteiger partial charge < -0.3 is 4.74 Å². The third-order valence-electron chi connectivity index (χ3n) is 3.59. The first kappa shape index (κ1) is 11.0. The zero-order chi connectivity index (χ0) is 12.9. The van der Waals surface area contributed by atoms with Gasteiger partial charge in [-0.05, 0) is 42.2 Å². The van der Waals surface area contributed by atoms with Crippen LogP contribution in [0, 0.1) is 13.8 Å². The van der Waals surface area contributed by atoms with Gasteiger partial charge in [-0.25, -0.2) is 0 Å². The van der Waals surface area contributed by atoms with Crippen molar-refractivity contribution in [1.82, 2.24) is 0 Å². The molecule has 0 bridgehead atoms. The summed E-state index contributed by atoms with van der Waals surface area (Å²) in [6.07, 6.45) is 0. The Bertz CT molecular complexity index is 669. The first-order valence-electron chi connectivity index (χ1n) is 5.97. The van der Waals surface area contributed by atoms with Crippen LogP contribution in [0.25, 0.3) is 11.1 Å². The molecule has 0 saturated heterocycles. The van der Waals surface area contributed by atoms with E-state index in [1.54, 1.807) is 7.11 Å². The molecule has 2 nitrogen and oxygen atoms in total. The van der Waals surface area contributed by atoms with Crippen LogP contribution < -0.4 is 4.74 Å². The molecule has 1 aliphatic rings. The number of carbonyl (C=O) groups is 1. The summed E-state index contributed by atoms with van der Waals surface area (Å²) in [5.74, 6) is 0.742. The predicted octanol–water partition coefficient (Wildman–Crippen LogP) is 3.52. The Morgan fingerprint density at radius 3 is 2.22 bits per heavy atom. The van der Waals surface area contributed by atoms with Crippen molar-refractivity contribution in [2.75, 3.05) is 7.11 Å². The van der Waals surface area contributed by atoms with E-state index in [0.717, 1.165) is 27.8 Å². The van der Waals surface area contributed by atoms with Gasteiger partial charge in [0.05, 0.1) is 12.7 Å². The van der Waals surface area contributed by atoms with Crippen molar-refractivity contribution in [1.29, 1.82) is 0 Å². The molecule has 2 heteroatoms. The van der Waals surface area contributed by atoms with Gasteiger partial charge in [-0.1, -0.05) is 24.3 Å². The monoisotopic (exact) mass is 238 g/mol. The Balaban J connectivity index is 2.43. The van der Waals surface area contributed by atoms with Gasteiger partial charge >= 0.3 is 0 Å². The Morgan fingerprint density at radius 2 is 1.56 bits per heavy atom. The lowest BCUT2D eigenvalue weighted by Gasteiger charge is -2.07. The maximum atomic E-state index is 12.6. The van der Waals surface area contributed by atoms with Crippen molar-refractivity contribution >= 4 is 5.78 Å². The van der Waals surface area contributed by atoms with E-state index >= 15 is 0 Å². The van der Waals surface area contributed by atoms with E-state index in [2.05, 4.69) is 6.07 Å². The van der Waals surface area contributed by atoms with Crippen LogP contribution in [0.15, 0.2) is 30.3 Å². The average molecular weight is 238 g/mol. The van der Waals surface area contributed by atoms with E-state index in [0.29, 0.717) is 11.3 Å². The van der Waals surface area contributed by atoms with Crippen molar-refractivity contribution < 1.29 is 9.53 Å². The van der Waals surface area contributed by atoms with Crippen LogP contribution in [0.3, 0.4) is 0 Å². The molecule has 0 spiro atoms. The molecule has 0 aromatic heterocycles. The average Bonchev–Trinajstić information content (AvgIpc) is 2.69. The summed E-state index contributed by atoms with van der Waals surface area (Å²) in [6.45, 7) is 4.02. The predicted molar refractivity (Wildman–Crippen MR) is 71.3 cm³/mol. The summed E-state index contributed by atoms with van der Waals surface area (Å²) in [4.78, 5) is 12.6. The van der Waals surface area contributed by atoms with Gasteiger partial charge in [-0.2, -0.15) is 0 Å². The molecule has 0 saturated carbocycles. The fourth-order valence-corrected chi connectivity index (χ4v) is 2.72. The second-order valence-corrected chi connectivity index (χ2v) is 4.66. The number of aryl methyl sites for hydroxylation is 2. The molecule has 3 rings (SSSR count). The first-order chi connectivity index (χ1) is 8.65. The van der Waals surface area contributed by atoms with Crippen LogP contribution in [-0.4, -0.2) is 12.9 Å². The molecule has 90 valence electrons. The van der Waals surface area contributed by atoms with E-state index in [9.17, 15) is 4.79 Å². The summed E-state index contributed by atoms with van der Waals surface area (Å²) in [5, 5.41) is 0. The van der Waals surface area contributed by atoms with E-state index < -0.39 is 0 Å². The molecule has 0 N–H and O–H groups in total. The quantitative estimate of drug-likeness (QED) is 0.648. The molecule has 0 unspecified atom stereocenters. The summed E-state index contributed by atoms with van der Waals surface area (Å²) in [5.41, 5.74) is 5.75. The van der Waals surface area contributed by atoms with Crippen molar-refractivity contribution in [3.8, 4) is 16.9 Å². The molecular formula is C16H14O2. The normalized spacial score (nSPS) is 12.3. The number of ether oxygens (including phenoxy) is 1. The van der Waals surface area contributed by atoms with Gasteiger partial charge in [0.1, 0.15) is 5.75 Å². The minimum absolute atomic E-state index is 0.0821. The van der Waals surface area contributed by atoms with E-state index in [4.69, 9.17) is 4.74 Å². The molecule has 0 atom stereocenters. The molecule has 18 heavy (non-hydrogen) atoms. The van der Waals surface area contributed by atoms with Crippen LogP contribution in [-0.2, 0) is 0 Å². The van der Waals surface area contributed by atoms with E-state index in [1.165, 1.54) is 0 Å². The minimum atomic E-state index is 0.0821. The van der Waals surface area contributed by atoms with Gasteiger partial charge in [-0.3, -0.25) is 4.79 Å². The van der Waals surface area contributed by atoms with Gasteiger partial charge in [0, 0.05) is 5.56 Å². The number of benzene rings is 2. The van der Waals surface area contributed by atoms with Gasteiger partial charge in [0.25, 0.3) is 0 Å². The standard InChI is InChI=1S/C16H14O2/c1-9-7-8-10(2)14-13(9)11-5-4-6-12(18-3)15(11)16(14)17/h4-8H,1-3H3. The van der Waals surface area contributed by atoms with Crippen molar-refractivity contribution in [2.45, 2.75) is 13.8 Å². The number of fused-ring (bicyclic) bond motifs is 3. The molecule has 2 aromatic carbocycles. The molecule has 0 amide bonds. The number of hydrogen-bond acceptors (Lipinski definition) is 2. The highest BCUT2D eigenvalue weighted by atomic mass is 16.5. The first-order valence-corrected chi connectivity index (χ1v) is 5.97. The lowest BCUT2D eigenvalue weighted by molar-refractivity contribution is 0.104. The zero-order valence-corrected chi connectivity index (χ0v) is 10.7. The second kappa shape index (κ2) is 3.70. The third kappa shape index (κ3) is 1.26. The molecule has 0 fully saturated rings. The molecule has 1 aliphatic carbocycles. The maximum Gasteiger partial charge on any atom is 0.198 e. The SMILES string of the molecule is COc1cccc2c1C(=O)c1c(C)ccc(C)c1-2. The van der Waals surface area contributed by atoms with Crippen molar-refractivity contribution in [2.24, 2.45) is 0 Å². The molecule has 2 aromatic rings. The smallest absolute Gasteiger partial charge is 0.198 e. The van der Waals surface area contributed by atoms with E-state index in [1.807, 2.05) is 38.1 Å². The molecule has 0 heterocycles. The summed E-state index contributed by atoms with van der Waals surface area (Å²) < 4.78 is 5.32. The number of carbonyl (C=O) groups excluding carboxylic acids is 1. The Morgan fingerprint density at radius 1 is 0.889 bits per heavy atom. The highest BCUT2D eigenvalue weighted by molar-refractivity contribution is 6.24. The van der Waals surface area contributed by atoms with Gasteiger partial charge in [0.2, 0.25) is 0 Å². The summed E-state index contributed by atoms with van der Waals surface area (Å²) in [6, 6.07) is 9.84. The maximum absolute atomic E-state index is 12.6. The topological polar surface area (TPSA) is 26.3 Å². The number of rotatable bonds is 1. The van der Waals surface area contributed by atoms with Crippen LogP contribution in [0.4, 0.5) is 0 Å². The highest BCUT2D eigenvalue weighted by Gasteiger charge is 2.31. The van der Waals surface area contributed by atoms with Crippen LogP contribution in [0.1, 0.15) is 27.0 Å². The molecule has 0 radical (unpaired) electrons. The lowest BCUT2D eigenvalue weighted by Crippen LogP contribution is -2.00. The summed E-state index contributed by atoms with van der Waals surface area (Å²) in [7, 11) is 1.60. The van der Waals surface area contributed by atoms with Gasteiger partial charge in [0.15, 0.2) is 5.78 Å². The number of hydrogen-bond donors (Lipinski definition) is 0.